The van der Waals surface area contributed by atoms with Gasteiger partial charge >= 0.3 is 0 Å². The number of halogens is 3. The maximum atomic E-state index is 14.5. The molecule has 0 aromatic heterocycles. The highest BCUT2D eigenvalue weighted by Crippen LogP contribution is 2.33. The number of rotatable bonds is 6. The van der Waals surface area contributed by atoms with E-state index in [1.165, 1.54) is 28.0 Å². The Morgan fingerprint density at radius 2 is 1.94 bits per heavy atom. The molecule has 2 aliphatic rings. The first-order chi connectivity index (χ1) is 16.5. The van der Waals surface area contributed by atoms with Crippen molar-refractivity contribution >= 4 is 79.2 Å². The molecule has 2 aliphatic heterocycles. The minimum absolute atomic E-state index is 0.0721. The zero-order chi connectivity index (χ0) is 25.3. The Balaban J connectivity index is 1.57. The molecule has 0 spiro atoms. The number of hydrogen-bond acceptors (Lipinski definition) is 6. The summed E-state index contributed by atoms with van der Waals surface area (Å²) in [7, 11) is -3.33. The Bertz CT molecular complexity index is 1310. The molecule has 6 nitrogen and oxygen atoms in total. The highest BCUT2D eigenvalue weighted by Gasteiger charge is 2.39. The molecule has 0 saturated carbocycles. The monoisotopic (exact) mass is 572 g/mol. The van der Waals surface area contributed by atoms with Crippen molar-refractivity contribution in [2.45, 2.75) is 19.0 Å². The molecule has 0 aliphatic carbocycles. The van der Waals surface area contributed by atoms with Gasteiger partial charge in [-0.15, -0.1) is 0 Å². The van der Waals surface area contributed by atoms with Crippen LogP contribution in [0.5, 0.6) is 0 Å². The second-order valence-electron chi connectivity index (χ2n) is 8.10. The van der Waals surface area contributed by atoms with Gasteiger partial charge in [-0.25, -0.2) is 12.8 Å². The molecule has 0 bridgehead atoms. The molecule has 2 aromatic carbocycles. The average molecular weight is 574 g/mol. The first kappa shape index (κ1) is 26.1. The first-order valence-electron chi connectivity index (χ1n) is 10.5. The summed E-state index contributed by atoms with van der Waals surface area (Å²) in [6, 6.07) is 10.4. The van der Waals surface area contributed by atoms with Crippen molar-refractivity contribution < 1.29 is 22.4 Å². The van der Waals surface area contributed by atoms with Crippen molar-refractivity contribution in [1.82, 2.24) is 9.80 Å². The Morgan fingerprint density at radius 3 is 2.57 bits per heavy atom. The summed E-state index contributed by atoms with van der Waals surface area (Å²) in [5.41, 5.74) is 0.827. The van der Waals surface area contributed by atoms with Gasteiger partial charge in [-0.1, -0.05) is 65.4 Å². The number of benzene rings is 2. The predicted octanol–water partition coefficient (Wildman–Crippen LogP) is 4.55. The van der Waals surface area contributed by atoms with Crippen molar-refractivity contribution in [1.29, 1.82) is 0 Å². The summed E-state index contributed by atoms with van der Waals surface area (Å²) in [5, 5.41) is 0.685. The van der Waals surface area contributed by atoms with Crippen molar-refractivity contribution in [3.63, 3.8) is 0 Å². The average Bonchev–Trinajstić information content (AvgIpc) is 3.28. The Morgan fingerprint density at radius 1 is 1.23 bits per heavy atom. The third kappa shape index (κ3) is 6.06. The van der Waals surface area contributed by atoms with Crippen molar-refractivity contribution in [3.8, 4) is 0 Å². The normalized spacial score (nSPS) is 20.6. The maximum absolute atomic E-state index is 14.5. The summed E-state index contributed by atoms with van der Waals surface area (Å²) in [6.45, 7) is -0.620. The highest BCUT2D eigenvalue weighted by molar-refractivity contribution is 8.26. The second kappa shape index (κ2) is 10.6. The quantitative estimate of drug-likeness (QED) is 0.373. The summed E-state index contributed by atoms with van der Waals surface area (Å²) < 4.78 is 38.9. The number of thioether (sulfide) groups is 1. The van der Waals surface area contributed by atoms with Gasteiger partial charge in [-0.05, 0) is 42.3 Å². The lowest BCUT2D eigenvalue weighted by Crippen LogP contribution is -2.47. The zero-order valence-corrected chi connectivity index (χ0v) is 22.1. The van der Waals surface area contributed by atoms with Gasteiger partial charge in [0.1, 0.15) is 16.7 Å². The summed E-state index contributed by atoms with van der Waals surface area (Å²) in [6.07, 6.45) is 1.87. The number of thiocarbonyl (C=S) groups is 1. The summed E-state index contributed by atoms with van der Waals surface area (Å²) in [5.74, 6) is -1.90. The lowest BCUT2D eigenvalue weighted by atomic mass is 10.1. The molecule has 2 heterocycles. The molecule has 1 unspecified atom stereocenters. The number of nitrogens with zero attached hydrogens (tertiary/aromatic N) is 2. The van der Waals surface area contributed by atoms with Crippen LogP contribution in [0.1, 0.15) is 17.5 Å². The molecule has 12 heteroatoms. The van der Waals surface area contributed by atoms with Crippen LogP contribution in [-0.2, 0) is 26.0 Å². The van der Waals surface area contributed by atoms with E-state index in [2.05, 4.69) is 0 Å². The Hall–Kier alpha value is -1.98. The third-order valence-electron chi connectivity index (χ3n) is 5.69. The van der Waals surface area contributed by atoms with Gasteiger partial charge in [0.25, 0.3) is 5.91 Å². The Kier molecular flexibility index (Phi) is 7.87. The van der Waals surface area contributed by atoms with Gasteiger partial charge in [0.2, 0.25) is 5.91 Å². The van der Waals surface area contributed by atoms with E-state index >= 15 is 0 Å². The molecule has 2 amide bonds. The van der Waals surface area contributed by atoms with Crippen LogP contribution in [0.3, 0.4) is 0 Å². The van der Waals surface area contributed by atoms with Crippen molar-refractivity contribution in [3.05, 3.63) is 74.4 Å². The van der Waals surface area contributed by atoms with E-state index < -0.39 is 40.1 Å². The highest BCUT2D eigenvalue weighted by atomic mass is 35.5. The topological polar surface area (TPSA) is 74.8 Å². The number of sulfone groups is 1. The van der Waals surface area contributed by atoms with Crippen LogP contribution < -0.4 is 0 Å². The summed E-state index contributed by atoms with van der Waals surface area (Å²) in [4.78, 5) is 29.2. The molecule has 0 N–H and O–H groups in total. The Labute approximate surface area is 222 Å². The van der Waals surface area contributed by atoms with Crippen molar-refractivity contribution in [2.75, 3.05) is 18.1 Å². The van der Waals surface area contributed by atoms with Gasteiger partial charge in [0.05, 0.1) is 23.0 Å². The van der Waals surface area contributed by atoms with Crippen molar-refractivity contribution in [2.24, 2.45) is 0 Å². The molecule has 1 atom stereocenters. The van der Waals surface area contributed by atoms with Gasteiger partial charge < -0.3 is 4.90 Å². The fraction of sp³-hybridized carbons (Fsp3) is 0.261. The van der Waals surface area contributed by atoms with E-state index in [1.54, 1.807) is 30.3 Å². The van der Waals surface area contributed by atoms with Crippen LogP contribution in [0.2, 0.25) is 10.0 Å². The van der Waals surface area contributed by atoms with Gasteiger partial charge in [-0.3, -0.25) is 14.5 Å². The zero-order valence-electron chi connectivity index (χ0n) is 18.1. The van der Waals surface area contributed by atoms with E-state index in [4.69, 9.17) is 35.4 Å². The predicted molar refractivity (Wildman–Crippen MR) is 140 cm³/mol. The van der Waals surface area contributed by atoms with E-state index in [-0.39, 0.29) is 39.4 Å². The molecule has 2 fully saturated rings. The number of carbonyl (C=O) groups is 2. The summed E-state index contributed by atoms with van der Waals surface area (Å²) >= 11 is 18.5. The number of amides is 2. The van der Waals surface area contributed by atoms with Crippen LogP contribution in [0, 0.1) is 5.82 Å². The lowest BCUT2D eigenvalue weighted by Gasteiger charge is -2.30. The molecule has 184 valence electrons. The maximum Gasteiger partial charge on any atom is 0.266 e. The van der Waals surface area contributed by atoms with Crippen LogP contribution in [-0.4, -0.2) is 58.4 Å². The molecular weight excluding hydrogens is 554 g/mol. The van der Waals surface area contributed by atoms with E-state index in [1.807, 2.05) is 0 Å². The van der Waals surface area contributed by atoms with Crippen LogP contribution in [0.4, 0.5) is 4.39 Å². The minimum atomic E-state index is -3.33. The lowest BCUT2D eigenvalue weighted by molar-refractivity contribution is -0.137. The van der Waals surface area contributed by atoms with Crippen LogP contribution in [0.15, 0.2) is 47.4 Å². The smallest absolute Gasteiger partial charge is 0.266 e. The van der Waals surface area contributed by atoms with E-state index in [0.717, 1.165) is 17.3 Å². The minimum Gasteiger partial charge on any atom is -0.333 e. The van der Waals surface area contributed by atoms with Crippen LogP contribution >= 0.6 is 47.2 Å². The largest absolute Gasteiger partial charge is 0.333 e. The molecule has 35 heavy (non-hydrogen) atoms. The molecule has 0 radical (unpaired) electrons. The van der Waals surface area contributed by atoms with Gasteiger partial charge in [0, 0.05) is 21.7 Å². The van der Waals surface area contributed by atoms with Gasteiger partial charge in [-0.2, -0.15) is 0 Å². The number of hydrogen-bond donors (Lipinski definition) is 0. The second-order valence-corrected chi connectivity index (χ2v) is 12.8. The van der Waals surface area contributed by atoms with E-state index in [0.29, 0.717) is 9.93 Å². The number of carbonyl (C=O) groups excluding carboxylic acids is 2. The SMILES string of the molecule is O=C1/C(=C/c2ccc(Cl)cc2)SC(=S)N1CC(=O)N(Cc1c(F)cccc1Cl)C1CCS(=O)(=O)C1. The first-order valence-corrected chi connectivity index (χ1v) is 14.3. The molecule has 2 saturated heterocycles. The fourth-order valence-electron chi connectivity index (χ4n) is 3.87. The standard InChI is InChI=1S/C23H19Cl2FN2O4S3/c24-15-6-4-14(5-7-15)10-20-22(30)28(23(33)34-20)12-21(29)27(16-8-9-35(31,32)13-16)11-17-18(25)2-1-3-19(17)26/h1-7,10,16H,8-9,11-13H2/b20-10-. The molecule has 2 aromatic rings. The third-order valence-corrected chi connectivity index (χ3v) is 9.43. The molecule has 4 rings (SSSR count). The van der Waals surface area contributed by atoms with Crippen LogP contribution in [0.25, 0.3) is 6.08 Å². The van der Waals surface area contributed by atoms with E-state index in [9.17, 15) is 22.4 Å². The molecular formula is C23H19Cl2FN2O4S3. The van der Waals surface area contributed by atoms with Gasteiger partial charge in [0.15, 0.2) is 9.84 Å². The fourth-order valence-corrected chi connectivity index (χ4v) is 7.20.